The summed E-state index contributed by atoms with van der Waals surface area (Å²) in [4.78, 5) is 24.9. The molecule has 0 amide bonds. The molecule has 4 aromatic rings. The molecule has 2 heterocycles. The second-order valence-electron chi connectivity index (χ2n) is 7.80. The number of benzene rings is 3. The van der Waals surface area contributed by atoms with Gasteiger partial charge in [0.15, 0.2) is 0 Å². The van der Waals surface area contributed by atoms with Gasteiger partial charge in [-0.05, 0) is 42.0 Å². The Hall–Kier alpha value is -4.10. The smallest absolute Gasteiger partial charge is 0.307 e. The molecule has 0 spiro atoms. The lowest BCUT2D eigenvalue weighted by Crippen LogP contribution is -2.07. The van der Waals surface area contributed by atoms with Crippen LogP contribution < -0.4 is 5.32 Å². The van der Waals surface area contributed by atoms with Gasteiger partial charge in [0.25, 0.3) is 0 Å². The Labute approximate surface area is 199 Å². The summed E-state index contributed by atoms with van der Waals surface area (Å²) >= 11 is 6.30. The second kappa shape index (κ2) is 9.03. The van der Waals surface area contributed by atoms with Crippen LogP contribution in [0, 0.1) is 5.82 Å². The highest BCUT2D eigenvalue weighted by Gasteiger charge is 2.23. The Morgan fingerprint density at radius 1 is 1.03 bits per heavy atom. The van der Waals surface area contributed by atoms with Crippen molar-refractivity contribution in [1.29, 1.82) is 0 Å². The zero-order chi connectivity index (χ0) is 23.7. The van der Waals surface area contributed by atoms with Gasteiger partial charge >= 0.3 is 5.97 Å². The van der Waals surface area contributed by atoms with Crippen molar-refractivity contribution in [3.8, 4) is 11.3 Å². The van der Waals surface area contributed by atoms with E-state index in [1.807, 2.05) is 12.1 Å². The molecule has 3 aromatic carbocycles. The van der Waals surface area contributed by atoms with Crippen molar-refractivity contribution >= 4 is 34.9 Å². The molecule has 8 heteroatoms. The van der Waals surface area contributed by atoms with Crippen LogP contribution in [0.15, 0.2) is 77.9 Å². The van der Waals surface area contributed by atoms with Crippen molar-refractivity contribution in [2.75, 3.05) is 5.32 Å². The van der Waals surface area contributed by atoms with Crippen LogP contribution in [0.3, 0.4) is 0 Å². The first-order chi connectivity index (χ1) is 16.5. The average molecular weight is 473 g/mol. The van der Waals surface area contributed by atoms with Crippen LogP contribution >= 0.6 is 11.6 Å². The molecule has 0 saturated heterocycles. The van der Waals surface area contributed by atoms with E-state index in [2.05, 4.69) is 10.3 Å². The van der Waals surface area contributed by atoms with Gasteiger partial charge in [0.2, 0.25) is 5.95 Å². The molecule has 34 heavy (non-hydrogen) atoms. The molecule has 1 aliphatic heterocycles. The number of aliphatic imine (C=N–C) groups is 1. The summed E-state index contributed by atoms with van der Waals surface area (Å²) in [6.07, 6.45) is 1.61. The summed E-state index contributed by atoms with van der Waals surface area (Å²) in [5.41, 5.74) is 5.14. The van der Waals surface area contributed by atoms with E-state index in [9.17, 15) is 9.18 Å². The first-order valence-corrected chi connectivity index (χ1v) is 10.9. The number of hydrogen-bond donors (Lipinski definition) is 2. The number of nitrogens with one attached hydrogen (secondary N) is 1. The normalized spacial score (nSPS) is 12.2. The fourth-order valence-corrected chi connectivity index (χ4v) is 4.10. The molecule has 1 aromatic heterocycles. The van der Waals surface area contributed by atoms with E-state index in [0.29, 0.717) is 44.8 Å². The van der Waals surface area contributed by atoms with Gasteiger partial charge in [-0.3, -0.25) is 9.79 Å². The van der Waals surface area contributed by atoms with Gasteiger partial charge in [0, 0.05) is 39.2 Å². The topological polar surface area (TPSA) is 87.5 Å². The number of carbonyl (C=O) groups is 1. The lowest BCUT2D eigenvalue weighted by atomic mass is 9.95. The largest absolute Gasteiger partial charge is 0.481 e. The monoisotopic (exact) mass is 472 g/mol. The number of carboxylic acid groups (broad SMARTS) is 1. The van der Waals surface area contributed by atoms with Crippen molar-refractivity contribution < 1.29 is 14.3 Å². The Bertz CT molecular complexity index is 1450. The molecule has 168 valence electrons. The quantitative estimate of drug-likeness (QED) is 0.391. The summed E-state index contributed by atoms with van der Waals surface area (Å²) in [5, 5.41) is 12.7. The van der Waals surface area contributed by atoms with Crippen molar-refractivity contribution in [2.24, 2.45) is 4.99 Å². The van der Waals surface area contributed by atoms with Gasteiger partial charge in [-0.25, -0.2) is 14.4 Å². The van der Waals surface area contributed by atoms with Crippen LogP contribution in [-0.2, 0) is 17.8 Å². The molecule has 5 rings (SSSR count). The SMILES string of the molecule is O=C(O)Cc1cccc(Nc2ncc3c(n2)-c2ccc(Cl)cc2C(c2ccccc2F)=NC3)c1. The third-order valence-electron chi connectivity index (χ3n) is 5.43. The third-order valence-corrected chi connectivity index (χ3v) is 5.67. The first kappa shape index (κ1) is 21.7. The summed E-state index contributed by atoms with van der Waals surface area (Å²) in [5.74, 6) is -0.923. The molecular weight excluding hydrogens is 455 g/mol. The van der Waals surface area contributed by atoms with Crippen LogP contribution in [0.4, 0.5) is 16.0 Å². The molecule has 2 N–H and O–H groups in total. The maximum atomic E-state index is 14.7. The minimum atomic E-state index is -0.903. The minimum Gasteiger partial charge on any atom is -0.481 e. The highest BCUT2D eigenvalue weighted by atomic mass is 35.5. The van der Waals surface area contributed by atoms with E-state index in [4.69, 9.17) is 26.7 Å². The molecule has 0 saturated carbocycles. The van der Waals surface area contributed by atoms with Crippen LogP contribution in [0.2, 0.25) is 5.02 Å². The molecule has 1 aliphatic rings. The predicted molar refractivity (Wildman–Crippen MR) is 129 cm³/mol. The highest BCUT2D eigenvalue weighted by Crippen LogP contribution is 2.34. The standard InChI is InChI=1S/C26H18ClFN4O2/c27-17-8-9-19-21(12-17)25(20-6-1-2-7-22(20)28)29-13-16-14-30-26(32-24(16)19)31-18-5-3-4-15(10-18)11-23(33)34/h1-10,12,14H,11,13H2,(H,33,34)(H,30,31,32). The Kier molecular flexibility index (Phi) is 5.77. The molecule has 6 nitrogen and oxygen atoms in total. The number of aliphatic carboxylic acids is 1. The molecule has 0 bridgehead atoms. The fraction of sp³-hybridized carbons (Fsp3) is 0.0769. The second-order valence-corrected chi connectivity index (χ2v) is 8.23. The minimum absolute atomic E-state index is 0.0785. The van der Waals surface area contributed by atoms with E-state index in [0.717, 1.165) is 11.1 Å². The van der Waals surface area contributed by atoms with Crippen molar-refractivity contribution in [3.05, 3.63) is 106 Å². The van der Waals surface area contributed by atoms with Gasteiger partial charge in [-0.1, -0.05) is 41.9 Å². The fourth-order valence-electron chi connectivity index (χ4n) is 3.93. The molecular formula is C26H18ClFN4O2. The molecule has 0 radical (unpaired) electrons. The highest BCUT2D eigenvalue weighted by molar-refractivity contribution is 6.31. The third kappa shape index (κ3) is 4.38. The number of rotatable bonds is 5. The Morgan fingerprint density at radius 3 is 2.71 bits per heavy atom. The van der Waals surface area contributed by atoms with E-state index < -0.39 is 5.97 Å². The van der Waals surface area contributed by atoms with Gasteiger partial charge in [-0.15, -0.1) is 0 Å². The van der Waals surface area contributed by atoms with E-state index in [-0.39, 0.29) is 18.8 Å². The number of hydrogen-bond acceptors (Lipinski definition) is 5. The van der Waals surface area contributed by atoms with Gasteiger partial charge in [0.05, 0.1) is 24.4 Å². The number of halogens is 2. The number of fused-ring (bicyclic) bond motifs is 3. The van der Waals surface area contributed by atoms with Crippen LogP contribution in [0.25, 0.3) is 11.3 Å². The number of nitrogens with zero attached hydrogens (tertiary/aromatic N) is 3. The van der Waals surface area contributed by atoms with Crippen LogP contribution in [0.5, 0.6) is 0 Å². The zero-order valence-electron chi connectivity index (χ0n) is 17.8. The van der Waals surface area contributed by atoms with E-state index in [1.165, 1.54) is 6.07 Å². The van der Waals surface area contributed by atoms with Crippen molar-refractivity contribution in [2.45, 2.75) is 13.0 Å². The Morgan fingerprint density at radius 2 is 1.88 bits per heavy atom. The van der Waals surface area contributed by atoms with Crippen molar-refractivity contribution in [3.63, 3.8) is 0 Å². The first-order valence-electron chi connectivity index (χ1n) is 10.5. The summed E-state index contributed by atoms with van der Waals surface area (Å²) in [6, 6.07) is 19.0. The summed E-state index contributed by atoms with van der Waals surface area (Å²) < 4.78 is 14.7. The van der Waals surface area contributed by atoms with Gasteiger partial charge < -0.3 is 10.4 Å². The molecule has 0 aliphatic carbocycles. The number of anilines is 2. The number of aromatic nitrogens is 2. The number of carboxylic acids is 1. The van der Waals surface area contributed by atoms with E-state index >= 15 is 0 Å². The molecule has 0 fully saturated rings. The lowest BCUT2D eigenvalue weighted by Gasteiger charge is -2.13. The molecule has 0 unspecified atom stereocenters. The van der Waals surface area contributed by atoms with Crippen LogP contribution in [0.1, 0.15) is 22.3 Å². The average Bonchev–Trinajstić information content (AvgIpc) is 2.96. The van der Waals surface area contributed by atoms with E-state index in [1.54, 1.807) is 54.7 Å². The van der Waals surface area contributed by atoms with Crippen LogP contribution in [-0.4, -0.2) is 26.8 Å². The maximum Gasteiger partial charge on any atom is 0.307 e. The zero-order valence-corrected chi connectivity index (χ0v) is 18.6. The predicted octanol–water partition coefficient (Wildman–Crippen LogP) is 5.66. The van der Waals surface area contributed by atoms with Gasteiger partial charge in [-0.2, -0.15) is 0 Å². The van der Waals surface area contributed by atoms with Gasteiger partial charge in [0.1, 0.15) is 5.82 Å². The lowest BCUT2D eigenvalue weighted by molar-refractivity contribution is -0.136. The molecule has 0 atom stereocenters. The Balaban J connectivity index is 1.56. The maximum absolute atomic E-state index is 14.7. The van der Waals surface area contributed by atoms with Crippen molar-refractivity contribution in [1.82, 2.24) is 9.97 Å². The summed E-state index contributed by atoms with van der Waals surface area (Å²) in [6.45, 7) is 0.277. The summed E-state index contributed by atoms with van der Waals surface area (Å²) in [7, 11) is 0.